The molecule has 2 saturated heterocycles. The highest BCUT2D eigenvalue weighted by molar-refractivity contribution is 5.49. The van der Waals surface area contributed by atoms with E-state index in [1.54, 1.807) is 5.57 Å². The second-order valence-electron chi connectivity index (χ2n) is 9.40. The van der Waals surface area contributed by atoms with Crippen molar-refractivity contribution in [1.82, 2.24) is 0 Å². The van der Waals surface area contributed by atoms with Gasteiger partial charge in [0.2, 0.25) is 0 Å². The van der Waals surface area contributed by atoms with E-state index >= 15 is 0 Å². The third-order valence-electron chi connectivity index (χ3n) is 8.46. The Morgan fingerprint density at radius 2 is 1.92 bits per heavy atom. The highest BCUT2D eigenvalue weighted by Gasteiger charge is 2.66. The van der Waals surface area contributed by atoms with Crippen LogP contribution in [0, 0.1) is 11.3 Å². The molecule has 3 heterocycles. The van der Waals surface area contributed by atoms with Gasteiger partial charge in [-0.05, 0) is 55.6 Å². The maximum absolute atomic E-state index is 7.16. The lowest BCUT2D eigenvalue weighted by Gasteiger charge is -2.54. The zero-order valence-corrected chi connectivity index (χ0v) is 15.4. The van der Waals surface area contributed by atoms with Crippen molar-refractivity contribution < 1.29 is 14.2 Å². The normalized spacial score (nSPS) is 49.2. The Bertz CT molecular complexity index is 740. The lowest BCUT2D eigenvalue weighted by atomic mass is 9.59. The van der Waals surface area contributed by atoms with Crippen molar-refractivity contribution >= 4 is 0 Å². The summed E-state index contributed by atoms with van der Waals surface area (Å²) in [6, 6.07) is 0. The second kappa shape index (κ2) is 4.49. The van der Waals surface area contributed by atoms with Gasteiger partial charge in [-0.1, -0.05) is 30.7 Å². The Kier molecular flexibility index (Phi) is 2.73. The van der Waals surface area contributed by atoms with Gasteiger partial charge in [0.15, 0.2) is 5.79 Å². The zero-order chi connectivity index (χ0) is 16.9. The molecule has 4 atom stereocenters. The summed E-state index contributed by atoms with van der Waals surface area (Å²) in [5.74, 6) is 0.201. The standard InChI is InChI=1S/C22H28O3/c1-15-3-4-18-19(15,2)7-5-17-13-16-6-8-21(23-11-12-24-21)14-20(16)9-10-22(17,18)25-20/h3,5,13,18H,4,6-12,14H2,1-2H3/t18-,19-,20-,22-/m1/s1. The molecule has 1 saturated carbocycles. The van der Waals surface area contributed by atoms with Gasteiger partial charge < -0.3 is 14.2 Å². The van der Waals surface area contributed by atoms with Crippen LogP contribution in [0.5, 0.6) is 0 Å². The van der Waals surface area contributed by atoms with Crippen molar-refractivity contribution in [2.24, 2.45) is 11.3 Å². The van der Waals surface area contributed by atoms with E-state index in [0.717, 1.165) is 58.2 Å². The minimum absolute atomic E-state index is 0.0815. The Morgan fingerprint density at radius 1 is 1.08 bits per heavy atom. The first-order chi connectivity index (χ1) is 12.0. The summed E-state index contributed by atoms with van der Waals surface area (Å²) in [5.41, 5.74) is 4.58. The molecule has 6 rings (SSSR count). The molecule has 3 aliphatic heterocycles. The molecule has 134 valence electrons. The maximum atomic E-state index is 7.16. The van der Waals surface area contributed by atoms with E-state index in [9.17, 15) is 0 Å². The maximum Gasteiger partial charge on any atom is 0.171 e. The number of ether oxygens (including phenoxy) is 3. The molecule has 0 aromatic rings. The van der Waals surface area contributed by atoms with Crippen molar-refractivity contribution in [3.63, 3.8) is 0 Å². The average molecular weight is 340 g/mol. The minimum atomic E-state index is -0.383. The van der Waals surface area contributed by atoms with Crippen molar-refractivity contribution in [3.05, 3.63) is 34.9 Å². The summed E-state index contributed by atoms with van der Waals surface area (Å²) in [7, 11) is 0. The van der Waals surface area contributed by atoms with Crippen molar-refractivity contribution in [3.8, 4) is 0 Å². The number of allylic oxidation sites excluding steroid dienone is 3. The molecule has 3 spiro atoms. The van der Waals surface area contributed by atoms with Gasteiger partial charge in [-0.2, -0.15) is 0 Å². The van der Waals surface area contributed by atoms with Crippen LogP contribution in [0.25, 0.3) is 0 Å². The third kappa shape index (κ3) is 1.69. The first-order valence-electron chi connectivity index (χ1n) is 10.1. The minimum Gasteiger partial charge on any atom is -0.359 e. The zero-order valence-electron chi connectivity index (χ0n) is 15.4. The first kappa shape index (κ1) is 15.2. The van der Waals surface area contributed by atoms with Crippen LogP contribution >= 0.6 is 0 Å². The first-order valence-corrected chi connectivity index (χ1v) is 10.1. The lowest BCUT2D eigenvalue weighted by Crippen LogP contribution is -2.56. The monoisotopic (exact) mass is 340 g/mol. The van der Waals surface area contributed by atoms with Crippen LogP contribution in [0.15, 0.2) is 34.9 Å². The SMILES string of the molecule is CC1=CC[C@@H]2[C@]1(C)CC=C1C=C3CCC4(C[C@]35CC[C@@]12O5)OCCO4. The molecule has 3 heteroatoms. The van der Waals surface area contributed by atoms with Gasteiger partial charge in [0.25, 0.3) is 0 Å². The highest BCUT2D eigenvalue weighted by Crippen LogP contribution is 2.67. The van der Waals surface area contributed by atoms with Crippen LogP contribution in [0.4, 0.5) is 0 Å². The van der Waals surface area contributed by atoms with Crippen LogP contribution in [0.2, 0.25) is 0 Å². The second-order valence-corrected chi connectivity index (χ2v) is 9.40. The topological polar surface area (TPSA) is 27.7 Å². The van der Waals surface area contributed by atoms with E-state index in [4.69, 9.17) is 14.2 Å². The smallest absolute Gasteiger partial charge is 0.171 e. The molecular formula is C22H28O3. The molecule has 3 aliphatic carbocycles. The van der Waals surface area contributed by atoms with E-state index in [0.29, 0.717) is 5.92 Å². The summed E-state index contributed by atoms with van der Waals surface area (Å²) in [6.07, 6.45) is 15.0. The molecule has 0 N–H and O–H groups in total. The summed E-state index contributed by atoms with van der Waals surface area (Å²) < 4.78 is 19.3. The molecule has 0 aromatic carbocycles. The van der Waals surface area contributed by atoms with Crippen LogP contribution in [-0.2, 0) is 14.2 Å². The summed E-state index contributed by atoms with van der Waals surface area (Å²) in [6.45, 7) is 6.24. The van der Waals surface area contributed by atoms with Gasteiger partial charge in [-0.25, -0.2) is 0 Å². The predicted octanol–water partition coefficient (Wildman–Crippen LogP) is 4.44. The van der Waals surface area contributed by atoms with Crippen molar-refractivity contribution in [1.29, 1.82) is 0 Å². The van der Waals surface area contributed by atoms with Gasteiger partial charge in [-0.3, -0.25) is 0 Å². The van der Waals surface area contributed by atoms with Crippen LogP contribution in [0.1, 0.15) is 58.8 Å². The fraction of sp³-hybridized carbons (Fsp3) is 0.727. The number of hydrogen-bond donors (Lipinski definition) is 0. The van der Waals surface area contributed by atoms with Gasteiger partial charge >= 0.3 is 0 Å². The molecule has 6 aliphatic rings. The largest absolute Gasteiger partial charge is 0.359 e. The van der Waals surface area contributed by atoms with E-state index < -0.39 is 0 Å². The van der Waals surface area contributed by atoms with Crippen LogP contribution in [0.3, 0.4) is 0 Å². The van der Waals surface area contributed by atoms with Gasteiger partial charge in [0.1, 0.15) is 0 Å². The van der Waals surface area contributed by atoms with E-state index in [2.05, 4.69) is 32.1 Å². The van der Waals surface area contributed by atoms with E-state index in [1.807, 2.05) is 0 Å². The van der Waals surface area contributed by atoms with Gasteiger partial charge in [0.05, 0.1) is 24.4 Å². The predicted molar refractivity (Wildman–Crippen MR) is 95.0 cm³/mol. The highest BCUT2D eigenvalue weighted by atomic mass is 16.7. The molecule has 3 nitrogen and oxygen atoms in total. The summed E-state index contributed by atoms with van der Waals surface area (Å²) in [4.78, 5) is 0. The number of hydrogen-bond acceptors (Lipinski definition) is 3. The molecule has 0 aromatic heterocycles. The van der Waals surface area contributed by atoms with E-state index in [-0.39, 0.29) is 22.4 Å². The Labute approximate surface area is 150 Å². The molecular weight excluding hydrogens is 312 g/mol. The van der Waals surface area contributed by atoms with Crippen molar-refractivity contribution in [2.45, 2.75) is 75.8 Å². The van der Waals surface area contributed by atoms with E-state index in [1.165, 1.54) is 11.1 Å². The molecule has 3 fully saturated rings. The van der Waals surface area contributed by atoms with Crippen LogP contribution < -0.4 is 0 Å². The molecule has 0 radical (unpaired) electrons. The van der Waals surface area contributed by atoms with Gasteiger partial charge in [-0.15, -0.1) is 0 Å². The fourth-order valence-corrected chi connectivity index (χ4v) is 6.91. The Morgan fingerprint density at radius 3 is 2.76 bits per heavy atom. The Hall–Kier alpha value is -0.900. The lowest BCUT2D eigenvalue weighted by molar-refractivity contribution is -0.226. The Balaban J connectivity index is 1.45. The molecule has 0 amide bonds. The number of rotatable bonds is 0. The quantitative estimate of drug-likeness (QED) is 0.610. The molecule has 0 unspecified atom stereocenters. The molecule has 25 heavy (non-hydrogen) atoms. The van der Waals surface area contributed by atoms with Gasteiger partial charge in [0, 0.05) is 18.8 Å². The fourth-order valence-electron chi connectivity index (χ4n) is 6.91. The summed E-state index contributed by atoms with van der Waals surface area (Å²) >= 11 is 0. The van der Waals surface area contributed by atoms with Crippen molar-refractivity contribution in [2.75, 3.05) is 13.2 Å². The summed E-state index contributed by atoms with van der Waals surface area (Å²) in [5, 5.41) is 0. The van der Waals surface area contributed by atoms with Crippen LogP contribution in [-0.4, -0.2) is 30.2 Å². The third-order valence-corrected chi connectivity index (χ3v) is 8.46. The molecule has 2 bridgehead atoms. The number of fused-ring (bicyclic) bond motifs is 1. The average Bonchev–Trinajstić information content (AvgIpc) is 3.25.